The molecule has 4 nitrogen and oxygen atoms in total. The maximum Gasteiger partial charge on any atom is 0.341 e. The van der Waals surface area contributed by atoms with Gasteiger partial charge in [-0.2, -0.15) is 8.78 Å². The highest BCUT2D eigenvalue weighted by Gasteiger charge is 2.25. The van der Waals surface area contributed by atoms with Crippen molar-refractivity contribution >= 4 is 17.0 Å². The van der Waals surface area contributed by atoms with E-state index >= 15 is 0 Å². The molecule has 0 amide bonds. The van der Waals surface area contributed by atoms with Gasteiger partial charge in [0.1, 0.15) is 5.82 Å². The summed E-state index contributed by atoms with van der Waals surface area (Å²) in [6.07, 6.45) is -1.07. The van der Waals surface area contributed by atoms with Gasteiger partial charge >= 0.3 is 12.5 Å². The van der Waals surface area contributed by atoms with Crippen LogP contribution in [0.1, 0.15) is 35.8 Å². The van der Waals surface area contributed by atoms with E-state index in [9.17, 15) is 18.0 Å². The van der Waals surface area contributed by atoms with Gasteiger partial charge in [-0.05, 0) is 31.2 Å². The van der Waals surface area contributed by atoms with Gasteiger partial charge in [0.25, 0.3) is 0 Å². The fraction of sp³-hybridized carbons (Fsp3) is 0.176. The van der Waals surface area contributed by atoms with Crippen LogP contribution < -0.4 is 0 Å². The van der Waals surface area contributed by atoms with Crippen LogP contribution in [-0.4, -0.2) is 15.5 Å². The van der Waals surface area contributed by atoms with E-state index in [1.807, 2.05) is 0 Å². The first kappa shape index (κ1) is 16.0. The van der Waals surface area contributed by atoms with Crippen LogP contribution in [0.5, 0.6) is 0 Å². The highest BCUT2D eigenvalue weighted by atomic mass is 19.3. The minimum atomic E-state index is -2.85. The number of halogens is 3. The predicted octanol–water partition coefficient (Wildman–Crippen LogP) is 4.49. The molecule has 0 bridgehead atoms. The highest BCUT2D eigenvalue weighted by Crippen LogP contribution is 2.28. The smallest absolute Gasteiger partial charge is 0.341 e. The molecule has 0 saturated carbocycles. The number of alkyl halides is 2. The summed E-state index contributed by atoms with van der Waals surface area (Å²) in [4.78, 5) is 16.2. The number of nitrogens with zero attached hydrogens (tertiary/aromatic N) is 2. The van der Waals surface area contributed by atoms with Crippen LogP contribution in [-0.2, 0) is 4.74 Å². The third-order valence-corrected chi connectivity index (χ3v) is 3.56. The molecule has 0 fully saturated rings. The fourth-order valence-electron chi connectivity index (χ4n) is 2.46. The fourth-order valence-corrected chi connectivity index (χ4v) is 2.46. The van der Waals surface area contributed by atoms with E-state index in [1.54, 1.807) is 18.2 Å². The predicted molar refractivity (Wildman–Crippen MR) is 81.2 cm³/mol. The molecule has 0 N–H and O–H groups in total. The molecule has 0 aliphatic carbocycles. The van der Waals surface area contributed by atoms with Crippen molar-refractivity contribution in [3.05, 3.63) is 65.7 Å². The number of rotatable bonds is 4. The van der Waals surface area contributed by atoms with Gasteiger partial charge in [-0.3, -0.25) is 4.57 Å². The summed E-state index contributed by atoms with van der Waals surface area (Å²) < 4.78 is 46.3. The molecule has 7 heteroatoms. The van der Waals surface area contributed by atoms with Crippen molar-refractivity contribution in [1.29, 1.82) is 0 Å². The van der Waals surface area contributed by atoms with Crippen molar-refractivity contribution in [2.24, 2.45) is 0 Å². The largest absolute Gasteiger partial charge is 0.451 e. The summed E-state index contributed by atoms with van der Waals surface area (Å²) in [6, 6.07) is 11.7. The Balaban J connectivity index is 1.94. The summed E-state index contributed by atoms with van der Waals surface area (Å²) in [5.41, 5.74) is 0.335. The number of aromatic nitrogens is 2. The van der Waals surface area contributed by atoms with Crippen LogP contribution in [0.15, 0.2) is 48.5 Å². The zero-order valence-corrected chi connectivity index (χ0v) is 12.6. The highest BCUT2D eigenvalue weighted by molar-refractivity contribution is 5.89. The standard InChI is InChI=1S/C17H13F3N2O2/c1-10(24-16(23)11-6-2-3-7-12(11)18)15-21-13-8-4-5-9-14(13)22(15)17(19)20/h2-10,17H,1H3. The number of para-hydroxylation sites is 2. The molecule has 0 aliphatic rings. The van der Waals surface area contributed by atoms with Gasteiger partial charge in [0.15, 0.2) is 11.9 Å². The Bertz CT molecular complexity index is 892. The number of fused-ring (bicyclic) bond motifs is 1. The maximum absolute atomic E-state index is 13.6. The first-order chi connectivity index (χ1) is 11.5. The number of hydrogen-bond acceptors (Lipinski definition) is 3. The Kier molecular flexibility index (Phi) is 4.24. The third kappa shape index (κ3) is 2.84. The Morgan fingerprint density at radius 2 is 1.79 bits per heavy atom. The lowest BCUT2D eigenvalue weighted by atomic mass is 10.2. The zero-order chi connectivity index (χ0) is 17.3. The van der Waals surface area contributed by atoms with E-state index in [2.05, 4.69) is 4.98 Å². The molecule has 1 heterocycles. The topological polar surface area (TPSA) is 44.1 Å². The minimum Gasteiger partial charge on any atom is -0.451 e. The number of carbonyl (C=O) groups excluding carboxylic acids is 1. The minimum absolute atomic E-state index is 0.101. The SMILES string of the molecule is CC(OC(=O)c1ccccc1F)c1nc2ccccc2n1C(F)F. The van der Waals surface area contributed by atoms with E-state index in [0.29, 0.717) is 10.1 Å². The lowest BCUT2D eigenvalue weighted by Gasteiger charge is -2.15. The Labute approximate surface area is 135 Å². The van der Waals surface area contributed by atoms with Crippen LogP contribution in [0.25, 0.3) is 11.0 Å². The van der Waals surface area contributed by atoms with Crippen molar-refractivity contribution in [1.82, 2.24) is 9.55 Å². The molecule has 0 radical (unpaired) electrons. The van der Waals surface area contributed by atoms with Gasteiger partial charge in [-0.25, -0.2) is 14.2 Å². The average molecular weight is 334 g/mol. The molecule has 24 heavy (non-hydrogen) atoms. The number of esters is 1. The quantitative estimate of drug-likeness (QED) is 0.660. The summed E-state index contributed by atoms with van der Waals surface area (Å²) in [5, 5.41) is 0. The molecular weight excluding hydrogens is 321 g/mol. The summed E-state index contributed by atoms with van der Waals surface area (Å²) in [7, 11) is 0. The van der Waals surface area contributed by atoms with Gasteiger partial charge in [-0.15, -0.1) is 0 Å². The van der Waals surface area contributed by atoms with Crippen LogP contribution >= 0.6 is 0 Å². The molecule has 1 atom stereocenters. The number of ether oxygens (including phenoxy) is 1. The van der Waals surface area contributed by atoms with Crippen LogP contribution in [0.3, 0.4) is 0 Å². The van der Waals surface area contributed by atoms with Gasteiger partial charge in [0.2, 0.25) is 0 Å². The first-order valence-electron chi connectivity index (χ1n) is 7.19. The lowest BCUT2D eigenvalue weighted by Crippen LogP contribution is -2.15. The van der Waals surface area contributed by atoms with Crippen molar-refractivity contribution < 1.29 is 22.7 Å². The van der Waals surface area contributed by atoms with Crippen LogP contribution in [0.4, 0.5) is 13.2 Å². The lowest BCUT2D eigenvalue weighted by molar-refractivity contribution is 0.0229. The molecule has 2 aromatic carbocycles. The summed E-state index contributed by atoms with van der Waals surface area (Å²) in [6.45, 7) is -1.43. The monoisotopic (exact) mass is 334 g/mol. The molecule has 1 aromatic heterocycles. The Morgan fingerprint density at radius 3 is 2.50 bits per heavy atom. The second kappa shape index (κ2) is 6.35. The van der Waals surface area contributed by atoms with Gasteiger partial charge in [0, 0.05) is 0 Å². The number of imidazole rings is 1. The molecule has 1 unspecified atom stereocenters. The molecular formula is C17H13F3N2O2. The molecule has 3 aromatic rings. The molecule has 3 rings (SSSR count). The van der Waals surface area contributed by atoms with Gasteiger partial charge in [0.05, 0.1) is 16.6 Å². The number of carbonyl (C=O) groups is 1. The second-order valence-electron chi connectivity index (χ2n) is 5.13. The zero-order valence-electron chi connectivity index (χ0n) is 12.6. The molecule has 0 aliphatic heterocycles. The Morgan fingerprint density at radius 1 is 1.12 bits per heavy atom. The third-order valence-electron chi connectivity index (χ3n) is 3.56. The van der Waals surface area contributed by atoms with Crippen LogP contribution in [0.2, 0.25) is 0 Å². The van der Waals surface area contributed by atoms with E-state index < -0.39 is 24.4 Å². The number of benzene rings is 2. The maximum atomic E-state index is 13.6. The van der Waals surface area contributed by atoms with Gasteiger partial charge < -0.3 is 4.74 Å². The van der Waals surface area contributed by atoms with Crippen molar-refractivity contribution in [3.8, 4) is 0 Å². The van der Waals surface area contributed by atoms with Crippen molar-refractivity contribution in [2.45, 2.75) is 19.6 Å². The normalized spacial score (nSPS) is 12.5. The second-order valence-corrected chi connectivity index (χ2v) is 5.13. The number of hydrogen-bond donors (Lipinski definition) is 0. The van der Waals surface area contributed by atoms with Crippen molar-refractivity contribution in [2.75, 3.05) is 0 Å². The molecule has 124 valence electrons. The van der Waals surface area contributed by atoms with Crippen molar-refractivity contribution in [3.63, 3.8) is 0 Å². The van der Waals surface area contributed by atoms with E-state index in [1.165, 1.54) is 31.2 Å². The summed E-state index contributed by atoms with van der Waals surface area (Å²) >= 11 is 0. The van der Waals surface area contributed by atoms with Crippen LogP contribution in [0, 0.1) is 5.82 Å². The molecule has 0 spiro atoms. The summed E-state index contributed by atoms with van der Waals surface area (Å²) in [5.74, 6) is -1.78. The van der Waals surface area contributed by atoms with E-state index in [4.69, 9.17) is 4.74 Å². The van der Waals surface area contributed by atoms with E-state index in [0.717, 1.165) is 6.07 Å². The Hall–Kier alpha value is -2.83. The van der Waals surface area contributed by atoms with E-state index in [-0.39, 0.29) is 16.9 Å². The molecule has 0 saturated heterocycles. The average Bonchev–Trinajstić information content (AvgIpc) is 2.95. The first-order valence-corrected chi connectivity index (χ1v) is 7.19. The van der Waals surface area contributed by atoms with Gasteiger partial charge in [-0.1, -0.05) is 24.3 Å².